The van der Waals surface area contributed by atoms with Gasteiger partial charge in [0.25, 0.3) is 0 Å². The standard InChI is InChI=1S/C54H34/c1-2-12-36(13-3-1)37-27-24-35(25-28-37)26-29-38-30-33-50(42-17-5-4-16-41(38)42)54-47-20-8-6-18-45(47)53(46-19-7-9-21-48(46)54)40-31-32-43-44-22-10-14-39-15-11-23-49(52(39)44)51(43)34-40/h1-34H/b29-26+. The molecule has 54 heavy (non-hydrogen) atoms. The van der Waals surface area contributed by atoms with Gasteiger partial charge in [0.1, 0.15) is 0 Å². The van der Waals surface area contributed by atoms with Crippen molar-refractivity contribution in [1.29, 1.82) is 0 Å². The summed E-state index contributed by atoms with van der Waals surface area (Å²) in [5.41, 5.74) is 15.2. The third kappa shape index (κ3) is 4.78. The van der Waals surface area contributed by atoms with Gasteiger partial charge in [-0.1, -0.05) is 200 Å². The maximum absolute atomic E-state index is 2.43. The molecule has 1 aliphatic carbocycles. The molecule has 1 aliphatic rings. The molecule has 0 unspecified atom stereocenters. The highest BCUT2D eigenvalue weighted by molar-refractivity contribution is 6.24. The fourth-order valence-electron chi connectivity index (χ4n) is 8.97. The smallest absolute Gasteiger partial charge is 0.00201 e. The van der Waals surface area contributed by atoms with Gasteiger partial charge in [-0.2, -0.15) is 0 Å². The first-order valence-corrected chi connectivity index (χ1v) is 18.8. The fourth-order valence-corrected chi connectivity index (χ4v) is 8.97. The normalized spacial score (nSPS) is 12.0. The van der Waals surface area contributed by atoms with E-state index in [9.17, 15) is 0 Å². The summed E-state index contributed by atoms with van der Waals surface area (Å²) in [6.07, 6.45) is 4.49. The summed E-state index contributed by atoms with van der Waals surface area (Å²) in [6.45, 7) is 0. The lowest BCUT2D eigenvalue weighted by molar-refractivity contribution is 1.60. The van der Waals surface area contributed by atoms with E-state index < -0.39 is 0 Å². The second-order valence-electron chi connectivity index (χ2n) is 14.4. The molecule has 0 saturated heterocycles. The Kier molecular flexibility index (Phi) is 6.97. The fraction of sp³-hybridized carbons (Fsp3) is 0. The van der Waals surface area contributed by atoms with Crippen molar-refractivity contribution in [3.8, 4) is 55.6 Å². The monoisotopic (exact) mass is 682 g/mol. The average Bonchev–Trinajstić information content (AvgIpc) is 3.56. The van der Waals surface area contributed by atoms with Crippen LogP contribution in [-0.2, 0) is 0 Å². The van der Waals surface area contributed by atoms with Crippen LogP contribution in [0.3, 0.4) is 0 Å². The molecule has 0 atom stereocenters. The van der Waals surface area contributed by atoms with Crippen molar-refractivity contribution in [2.75, 3.05) is 0 Å². The Balaban J connectivity index is 1.06. The molecule has 11 rings (SSSR count). The summed E-state index contributed by atoms with van der Waals surface area (Å²) >= 11 is 0. The molecule has 0 heterocycles. The van der Waals surface area contributed by atoms with E-state index in [0.717, 1.165) is 0 Å². The van der Waals surface area contributed by atoms with Crippen molar-refractivity contribution < 1.29 is 0 Å². The Bertz CT molecular complexity index is 3060. The van der Waals surface area contributed by atoms with Gasteiger partial charge in [0, 0.05) is 0 Å². The van der Waals surface area contributed by atoms with Crippen LogP contribution in [0.25, 0.3) is 111 Å². The third-order valence-electron chi connectivity index (χ3n) is 11.4. The van der Waals surface area contributed by atoms with Gasteiger partial charge in [-0.15, -0.1) is 0 Å². The summed E-state index contributed by atoms with van der Waals surface area (Å²) in [7, 11) is 0. The van der Waals surface area contributed by atoms with Gasteiger partial charge in [0.05, 0.1) is 0 Å². The molecule has 0 N–H and O–H groups in total. The van der Waals surface area contributed by atoms with E-state index in [4.69, 9.17) is 0 Å². The lowest BCUT2D eigenvalue weighted by atomic mass is 9.83. The summed E-state index contributed by atoms with van der Waals surface area (Å²) in [4.78, 5) is 0. The lowest BCUT2D eigenvalue weighted by Gasteiger charge is -2.19. The minimum absolute atomic E-state index is 1.18. The maximum atomic E-state index is 2.43. The van der Waals surface area contributed by atoms with E-state index in [1.807, 2.05) is 0 Å². The average molecular weight is 683 g/mol. The quantitative estimate of drug-likeness (QED) is 0.125. The molecule has 0 heteroatoms. The lowest BCUT2D eigenvalue weighted by Crippen LogP contribution is -1.92. The summed E-state index contributed by atoms with van der Waals surface area (Å²) in [6, 6.07) is 71.4. The first-order chi connectivity index (χ1) is 26.8. The van der Waals surface area contributed by atoms with E-state index in [2.05, 4.69) is 206 Å². The van der Waals surface area contributed by atoms with Gasteiger partial charge < -0.3 is 0 Å². The van der Waals surface area contributed by atoms with Crippen molar-refractivity contribution in [3.05, 3.63) is 205 Å². The van der Waals surface area contributed by atoms with Crippen LogP contribution in [0.4, 0.5) is 0 Å². The van der Waals surface area contributed by atoms with Crippen molar-refractivity contribution in [2.24, 2.45) is 0 Å². The maximum Gasteiger partial charge on any atom is -0.00201 e. The second-order valence-corrected chi connectivity index (χ2v) is 14.4. The molecule has 10 aromatic rings. The van der Waals surface area contributed by atoms with Crippen molar-refractivity contribution in [2.45, 2.75) is 0 Å². The highest BCUT2D eigenvalue weighted by Crippen LogP contribution is 2.51. The van der Waals surface area contributed by atoms with E-state index in [-0.39, 0.29) is 0 Å². The molecule has 0 saturated carbocycles. The Hall–Kier alpha value is -7.02. The van der Waals surface area contributed by atoms with Crippen LogP contribution in [-0.4, -0.2) is 0 Å². The van der Waals surface area contributed by atoms with E-state index in [0.29, 0.717) is 0 Å². The Morgan fingerprint density at radius 3 is 1.50 bits per heavy atom. The van der Waals surface area contributed by atoms with Crippen LogP contribution in [0.5, 0.6) is 0 Å². The van der Waals surface area contributed by atoms with Crippen LogP contribution in [0.2, 0.25) is 0 Å². The predicted molar refractivity (Wildman–Crippen MR) is 233 cm³/mol. The molecule has 0 amide bonds. The highest BCUT2D eigenvalue weighted by atomic mass is 14.3. The van der Waals surface area contributed by atoms with Gasteiger partial charge >= 0.3 is 0 Å². The number of hydrogen-bond donors (Lipinski definition) is 0. The predicted octanol–water partition coefficient (Wildman–Crippen LogP) is 15.1. The van der Waals surface area contributed by atoms with Crippen molar-refractivity contribution in [3.63, 3.8) is 0 Å². The van der Waals surface area contributed by atoms with Crippen LogP contribution >= 0.6 is 0 Å². The zero-order valence-corrected chi connectivity index (χ0v) is 29.6. The van der Waals surface area contributed by atoms with Crippen LogP contribution in [0.15, 0.2) is 194 Å². The van der Waals surface area contributed by atoms with Gasteiger partial charge in [0.15, 0.2) is 0 Å². The minimum Gasteiger partial charge on any atom is -0.0622 e. The first-order valence-electron chi connectivity index (χ1n) is 18.8. The highest BCUT2D eigenvalue weighted by Gasteiger charge is 2.23. The molecule has 0 aliphatic heterocycles. The van der Waals surface area contributed by atoms with E-state index >= 15 is 0 Å². The van der Waals surface area contributed by atoms with Crippen LogP contribution in [0, 0.1) is 0 Å². The van der Waals surface area contributed by atoms with Crippen molar-refractivity contribution >= 4 is 55.2 Å². The van der Waals surface area contributed by atoms with E-state index in [1.54, 1.807) is 0 Å². The summed E-state index contributed by atoms with van der Waals surface area (Å²) < 4.78 is 0. The second kappa shape index (κ2) is 12.3. The zero-order chi connectivity index (χ0) is 35.6. The van der Waals surface area contributed by atoms with Crippen molar-refractivity contribution in [1.82, 2.24) is 0 Å². The molecule has 0 spiro atoms. The molecule has 0 nitrogen and oxygen atoms in total. The van der Waals surface area contributed by atoms with Gasteiger partial charge in [0.2, 0.25) is 0 Å². The van der Waals surface area contributed by atoms with Crippen LogP contribution < -0.4 is 0 Å². The van der Waals surface area contributed by atoms with E-state index in [1.165, 1.54) is 110 Å². The molecule has 0 bridgehead atoms. The Morgan fingerprint density at radius 2 is 0.815 bits per heavy atom. The largest absolute Gasteiger partial charge is 0.0622 e. The Labute approximate surface area is 314 Å². The molecule has 0 fully saturated rings. The van der Waals surface area contributed by atoms with Gasteiger partial charge in [-0.05, 0) is 116 Å². The number of hydrogen-bond acceptors (Lipinski definition) is 0. The third-order valence-corrected chi connectivity index (χ3v) is 11.4. The van der Waals surface area contributed by atoms with Gasteiger partial charge in [-0.25, -0.2) is 0 Å². The number of fused-ring (bicyclic) bond motifs is 6. The SMILES string of the molecule is C(=C\c1ccc(-c2c3ccccc3c(-c3ccc4c(c3)-c3cccc5cccc-4c35)c3ccccc23)c2ccccc12)/c1ccc(-c2ccccc2)cc1. The summed E-state index contributed by atoms with van der Waals surface area (Å²) in [5, 5.41) is 10.2. The molecule has 0 aromatic heterocycles. The molecular formula is C54H34. The molecule has 10 aromatic carbocycles. The number of rotatable bonds is 5. The van der Waals surface area contributed by atoms with Crippen LogP contribution in [0.1, 0.15) is 11.1 Å². The Morgan fingerprint density at radius 1 is 0.278 bits per heavy atom. The molecular weight excluding hydrogens is 649 g/mol. The van der Waals surface area contributed by atoms with Gasteiger partial charge in [-0.3, -0.25) is 0 Å². The minimum atomic E-state index is 1.18. The zero-order valence-electron chi connectivity index (χ0n) is 29.6. The number of benzene rings is 10. The molecule has 0 radical (unpaired) electrons. The molecule has 250 valence electrons. The topological polar surface area (TPSA) is 0 Å². The summed E-state index contributed by atoms with van der Waals surface area (Å²) in [5.74, 6) is 0. The first kappa shape index (κ1) is 30.6.